The molecule has 1 N–H and O–H groups in total. The lowest BCUT2D eigenvalue weighted by Gasteiger charge is -2.30. The second kappa shape index (κ2) is 6.97. The molecule has 3 amide bonds. The van der Waals surface area contributed by atoms with Gasteiger partial charge in [-0.1, -0.05) is 0 Å². The molecule has 7 heteroatoms. The van der Waals surface area contributed by atoms with Gasteiger partial charge in [0.2, 0.25) is 5.91 Å². The number of fused-ring (bicyclic) bond motifs is 1. The van der Waals surface area contributed by atoms with E-state index < -0.39 is 0 Å². The van der Waals surface area contributed by atoms with Gasteiger partial charge in [-0.25, -0.2) is 0 Å². The molecule has 7 nitrogen and oxygen atoms in total. The molecule has 3 rings (SSSR count). The van der Waals surface area contributed by atoms with Crippen molar-refractivity contribution in [1.82, 2.24) is 10.2 Å². The second-order valence-electron chi connectivity index (χ2n) is 7.75. The quantitative estimate of drug-likeness (QED) is 0.888. The molecule has 2 aliphatic rings. The molecule has 0 bridgehead atoms. The number of hydrogen-bond acceptors (Lipinski definition) is 4. The van der Waals surface area contributed by atoms with Gasteiger partial charge in [0, 0.05) is 24.2 Å². The van der Waals surface area contributed by atoms with Gasteiger partial charge in [0.25, 0.3) is 11.8 Å². The third-order valence-electron chi connectivity index (χ3n) is 4.36. The van der Waals surface area contributed by atoms with E-state index in [2.05, 4.69) is 5.32 Å². The van der Waals surface area contributed by atoms with E-state index in [-0.39, 0.29) is 36.4 Å². The van der Waals surface area contributed by atoms with Crippen LogP contribution in [0.3, 0.4) is 0 Å². The van der Waals surface area contributed by atoms with Gasteiger partial charge in [-0.15, -0.1) is 0 Å². The van der Waals surface area contributed by atoms with Crippen molar-refractivity contribution in [2.75, 3.05) is 31.1 Å². The molecular weight excluding hydrogens is 334 g/mol. The van der Waals surface area contributed by atoms with Crippen molar-refractivity contribution in [3.05, 3.63) is 23.8 Å². The molecule has 2 aliphatic heterocycles. The SMILES string of the molecule is CC(C)(C)NC(=O)CN1C(=O)COc2ccc(C(=O)N3CCCC3)cc21. The summed E-state index contributed by atoms with van der Waals surface area (Å²) < 4.78 is 5.46. The van der Waals surface area contributed by atoms with E-state index in [9.17, 15) is 14.4 Å². The maximum absolute atomic E-state index is 12.6. The van der Waals surface area contributed by atoms with E-state index in [1.165, 1.54) is 4.90 Å². The van der Waals surface area contributed by atoms with Gasteiger partial charge in [-0.2, -0.15) is 0 Å². The predicted octanol–water partition coefficient (Wildman–Crippen LogP) is 1.56. The van der Waals surface area contributed by atoms with Crippen LogP contribution in [0.2, 0.25) is 0 Å². The first-order valence-corrected chi connectivity index (χ1v) is 8.92. The van der Waals surface area contributed by atoms with Crippen molar-refractivity contribution in [2.24, 2.45) is 0 Å². The molecule has 0 spiro atoms. The Bertz CT molecular complexity index is 733. The van der Waals surface area contributed by atoms with Crippen LogP contribution >= 0.6 is 0 Å². The zero-order valence-electron chi connectivity index (χ0n) is 15.5. The number of amides is 3. The standard InChI is InChI=1S/C19H25N3O4/c1-19(2,3)20-16(23)11-22-14-10-13(18(25)21-8-4-5-9-21)6-7-15(14)26-12-17(22)24/h6-7,10H,4-5,8-9,11-12H2,1-3H3,(H,20,23). The maximum Gasteiger partial charge on any atom is 0.265 e. The summed E-state index contributed by atoms with van der Waals surface area (Å²) in [4.78, 5) is 40.4. The summed E-state index contributed by atoms with van der Waals surface area (Å²) in [6.45, 7) is 6.93. The van der Waals surface area contributed by atoms with Crippen LogP contribution in [0.5, 0.6) is 5.75 Å². The second-order valence-corrected chi connectivity index (χ2v) is 7.75. The molecule has 26 heavy (non-hydrogen) atoms. The monoisotopic (exact) mass is 359 g/mol. The van der Waals surface area contributed by atoms with E-state index in [4.69, 9.17) is 4.74 Å². The van der Waals surface area contributed by atoms with Crippen molar-refractivity contribution in [2.45, 2.75) is 39.2 Å². The Balaban J connectivity index is 1.84. The zero-order chi connectivity index (χ0) is 18.9. The molecule has 0 aliphatic carbocycles. The normalized spacial score (nSPS) is 17.0. The van der Waals surface area contributed by atoms with Crippen LogP contribution in [0.25, 0.3) is 0 Å². The van der Waals surface area contributed by atoms with E-state index in [0.717, 1.165) is 25.9 Å². The molecular formula is C19H25N3O4. The highest BCUT2D eigenvalue weighted by molar-refractivity contribution is 6.04. The highest BCUT2D eigenvalue weighted by atomic mass is 16.5. The number of rotatable bonds is 3. The topological polar surface area (TPSA) is 79.0 Å². The number of nitrogens with zero attached hydrogens (tertiary/aromatic N) is 2. The number of ether oxygens (including phenoxy) is 1. The summed E-state index contributed by atoms with van der Waals surface area (Å²) in [7, 11) is 0. The minimum Gasteiger partial charge on any atom is -0.482 e. The molecule has 0 radical (unpaired) electrons. The van der Waals surface area contributed by atoms with Crippen LogP contribution in [0.4, 0.5) is 5.69 Å². The zero-order valence-corrected chi connectivity index (χ0v) is 15.5. The molecule has 140 valence electrons. The summed E-state index contributed by atoms with van der Waals surface area (Å²) in [5.74, 6) is -0.101. The fourth-order valence-corrected chi connectivity index (χ4v) is 3.21. The average Bonchev–Trinajstić information content (AvgIpc) is 3.09. The van der Waals surface area contributed by atoms with Crippen molar-refractivity contribution in [3.63, 3.8) is 0 Å². The summed E-state index contributed by atoms with van der Waals surface area (Å²) in [5.41, 5.74) is 0.587. The van der Waals surface area contributed by atoms with Crippen LogP contribution in [-0.2, 0) is 9.59 Å². The number of nitrogens with one attached hydrogen (secondary N) is 1. The third-order valence-corrected chi connectivity index (χ3v) is 4.36. The molecule has 0 atom stereocenters. The molecule has 2 heterocycles. The first kappa shape index (κ1) is 18.2. The summed E-state index contributed by atoms with van der Waals surface area (Å²) >= 11 is 0. The van der Waals surface area contributed by atoms with Crippen molar-refractivity contribution in [1.29, 1.82) is 0 Å². The first-order chi connectivity index (χ1) is 12.2. The molecule has 1 saturated heterocycles. The molecule has 1 aromatic rings. The number of hydrogen-bond donors (Lipinski definition) is 1. The lowest BCUT2D eigenvalue weighted by Crippen LogP contribution is -2.49. The van der Waals surface area contributed by atoms with Gasteiger partial charge < -0.3 is 15.0 Å². The van der Waals surface area contributed by atoms with Gasteiger partial charge >= 0.3 is 0 Å². The van der Waals surface area contributed by atoms with Gasteiger partial charge in [-0.3, -0.25) is 19.3 Å². The lowest BCUT2D eigenvalue weighted by molar-refractivity contribution is -0.126. The molecule has 0 aromatic heterocycles. The minimum atomic E-state index is -0.386. The summed E-state index contributed by atoms with van der Waals surface area (Å²) in [5, 5.41) is 2.85. The van der Waals surface area contributed by atoms with Crippen molar-refractivity contribution < 1.29 is 19.1 Å². The number of carbonyl (C=O) groups excluding carboxylic acids is 3. The van der Waals surface area contributed by atoms with Crippen molar-refractivity contribution >= 4 is 23.4 Å². The summed E-state index contributed by atoms with van der Waals surface area (Å²) in [6.07, 6.45) is 2.02. The first-order valence-electron chi connectivity index (χ1n) is 8.92. The Kier molecular flexibility index (Phi) is 4.89. The predicted molar refractivity (Wildman–Crippen MR) is 97.3 cm³/mol. The van der Waals surface area contributed by atoms with E-state index >= 15 is 0 Å². The summed E-state index contributed by atoms with van der Waals surface area (Å²) in [6, 6.07) is 5.06. The maximum atomic E-state index is 12.6. The molecule has 1 fully saturated rings. The number of likely N-dealkylation sites (tertiary alicyclic amines) is 1. The fraction of sp³-hybridized carbons (Fsp3) is 0.526. The Hall–Kier alpha value is -2.57. The highest BCUT2D eigenvalue weighted by Crippen LogP contribution is 2.33. The Labute approximate surface area is 153 Å². The van der Waals surface area contributed by atoms with Crippen LogP contribution in [0.1, 0.15) is 44.0 Å². The largest absolute Gasteiger partial charge is 0.482 e. The average molecular weight is 359 g/mol. The molecule has 1 aromatic carbocycles. The number of benzene rings is 1. The molecule has 0 unspecified atom stereocenters. The fourth-order valence-electron chi connectivity index (χ4n) is 3.21. The van der Waals surface area contributed by atoms with Crippen LogP contribution < -0.4 is 15.0 Å². The Morgan fingerprint density at radius 3 is 2.54 bits per heavy atom. The van der Waals surface area contributed by atoms with E-state index in [0.29, 0.717) is 17.0 Å². The van der Waals surface area contributed by atoms with E-state index in [1.54, 1.807) is 18.2 Å². The Morgan fingerprint density at radius 1 is 1.19 bits per heavy atom. The van der Waals surface area contributed by atoms with Gasteiger partial charge in [-0.05, 0) is 51.8 Å². The van der Waals surface area contributed by atoms with Crippen molar-refractivity contribution in [3.8, 4) is 5.75 Å². The van der Waals surface area contributed by atoms with Gasteiger partial charge in [0.1, 0.15) is 12.3 Å². The van der Waals surface area contributed by atoms with Gasteiger partial charge in [0.05, 0.1) is 5.69 Å². The van der Waals surface area contributed by atoms with Gasteiger partial charge in [0.15, 0.2) is 6.61 Å². The smallest absolute Gasteiger partial charge is 0.265 e. The van der Waals surface area contributed by atoms with E-state index in [1.807, 2.05) is 25.7 Å². The van der Waals surface area contributed by atoms with Crippen LogP contribution in [0, 0.1) is 0 Å². The van der Waals surface area contributed by atoms with Crippen LogP contribution in [0.15, 0.2) is 18.2 Å². The Morgan fingerprint density at radius 2 is 1.88 bits per heavy atom. The third kappa shape index (κ3) is 3.98. The van der Waals surface area contributed by atoms with Crippen LogP contribution in [-0.4, -0.2) is 54.4 Å². The molecule has 0 saturated carbocycles. The highest BCUT2D eigenvalue weighted by Gasteiger charge is 2.30. The number of carbonyl (C=O) groups is 3. The minimum absolute atomic E-state index is 0.0533. The number of anilines is 1. The lowest BCUT2D eigenvalue weighted by atomic mass is 10.1.